The summed E-state index contributed by atoms with van der Waals surface area (Å²) in [5.41, 5.74) is 0. The lowest BCUT2D eigenvalue weighted by molar-refractivity contribution is 0.101. The van der Waals surface area contributed by atoms with Crippen molar-refractivity contribution in [3.05, 3.63) is 83.1 Å². The van der Waals surface area contributed by atoms with Crippen LogP contribution < -0.4 is 0 Å². The highest BCUT2D eigenvalue weighted by molar-refractivity contribution is 8.18. The van der Waals surface area contributed by atoms with Crippen molar-refractivity contribution in [2.24, 2.45) is 0 Å². The van der Waals surface area contributed by atoms with Gasteiger partial charge in [0, 0.05) is 9.79 Å². The standard InChI is InChI=1S/C18H14OS3/c19-17(16-12-7-13-20-16)18(21-14-8-3-1-4-9-14)22-15-10-5-2-6-11-15/h1-13,18H. The number of carbonyl (C=O) groups is 1. The summed E-state index contributed by atoms with van der Waals surface area (Å²) in [7, 11) is 0. The number of benzene rings is 2. The van der Waals surface area contributed by atoms with Crippen LogP contribution in [0.5, 0.6) is 0 Å². The van der Waals surface area contributed by atoms with E-state index in [1.54, 1.807) is 23.5 Å². The smallest absolute Gasteiger partial charge is 0.196 e. The number of hydrogen-bond donors (Lipinski definition) is 0. The van der Waals surface area contributed by atoms with Crippen LogP contribution in [0.4, 0.5) is 0 Å². The predicted octanol–water partition coefficient (Wildman–Crippen LogP) is 5.84. The Bertz CT molecular complexity index is 667. The van der Waals surface area contributed by atoms with Gasteiger partial charge in [-0.3, -0.25) is 4.79 Å². The summed E-state index contributed by atoms with van der Waals surface area (Å²) in [6.07, 6.45) is 0. The van der Waals surface area contributed by atoms with E-state index in [0.717, 1.165) is 14.7 Å². The molecule has 0 aliphatic rings. The fourth-order valence-corrected chi connectivity index (χ4v) is 5.21. The maximum atomic E-state index is 12.8. The third-order valence-corrected chi connectivity index (χ3v) is 6.36. The Morgan fingerprint density at radius 1 is 0.773 bits per heavy atom. The second-order valence-corrected chi connectivity index (χ2v) is 8.14. The van der Waals surface area contributed by atoms with E-state index in [-0.39, 0.29) is 10.4 Å². The minimum Gasteiger partial charge on any atom is -0.291 e. The van der Waals surface area contributed by atoms with Crippen LogP contribution in [0.2, 0.25) is 0 Å². The summed E-state index contributed by atoms with van der Waals surface area (Å²) >= 11 is 4.72. The molecule has 0 saturated carbocycles. The Labute approximate surface area is 142 Å². The monoisotopic (exact) mass is 342 g/mol. The summed E-state index contributed by atoms with van der Waals surface area (Å²) in [4.78, 5) is 15.8. The van der Waals surface area contributed by atoms with Crippen LogP contribution in [0.1, 0.15) is 9.67 Å². The molecule has 22 heavy (non-hydrogen) atoms. The van der Waals surface area contributed by atoms with E-state index in [1.165, 1.54) is 11.3 Å². The first-order valence-electron chi connectivity index (χ1n) is 6.84. The molecule has 110 valence electrons. The molecule has 3 rings (SSSR count). The number of Topliss-reactive ketones (excluding diaryl/α,β-unsaturated/α-hetero) is 1. The maximum Gasteiger partial charge on any atom is 0.196 e. The minimum atomic E-state index is -0.177. The van der Waals surface area contributed by atoms with E-state index in [9.17, 15) is 4.79 Å². The molecule has 3 aromatic rings. The second-order valence-electron chi connectivity index (χ2n) is 4.54. The zero-order chi connectivity index (χ0) is 15.2. The molecular weight excluding hydrogens is 328 g/mol. The van der Waals surface area contributed by atoms with Gasteiger partial charge in [0.15, 0.2) is 5.78 Å². The van der Waals surface area contributed by atoms with E-state index >= 15 is 0 Å². The second kappa shape index (κ2) is 7.68. The van der Waals surface area contributed by atoms with Crippen molar-refractivity contribution < 1.29 is 4.79 Å². The van der Waals surface area contributed by atoms with Crippen LogP contribution in [0.25, 0.3) is 0 Å². The van der Waals surface area contributed by atoms with Crippen LogP contribution in [-0.2, 0) is 0 Å². The van der Waals surface area contributed by atoms with Crippen LogP contribution in [0.15, 0.2) is 88.0 Å². The third kappa shape index (κ3) is 4.03. The highest BCUT2D eigenvalue weighted by Crippen LogP contribution is 2.38. The van der Waals surface area contributed by atoms with E-state index < -0.39 is 0 Å². The lowest BCUT2D eigenvalue weighted by atomic mass is 10.3. The number of ketones is 1. The van der Waals surface area contributed by atoms with E-state index in [0.29, 0.717) is 0 Å². The molecule has 0 bridgehead atoms. The molecule has 0 aliphatic carbocycles. The van der Waals surface area contributed by atoms with Gasteiger partial charge in [0.25, 0.3) is 0 Å². The molecule has 0 atom stereocenters. The van der Waals surface area contributed by atoms with Gasteiger partial charge in [-0.1, -0.05) is 42.5 Å². The topological polar surface area (TPSA) is 17.1 Å². The molecule has 0 saturated heterocycles. The molecule has 1 nitrogen and oxygen atoms in total. The first kappa shape index (κ1) is 15.4. The highest BCUT2D eigenvalue weighted by Gasteiger charge is 2.23. The van der Waals surface area contributed by atoms with Crippen molar-refractivity contribution in [1.29, 1.82) is 0 Å². The van der Waals surface area contributed by atoms with Crippen LogP contribution in [-0.4, -0.2) is 10.4 Å². The van der Waals surface area contributed by atoms with Crippen molar-refractivity contribution in [2.75, 3.05) is 0 Å². The Morgan fingerprint density at radius 3 is 1.77 bits per heavy atom. The molecule has 0 amide bonds. The average Bonchev–Trinajstić information content (AvgIpc) is 3.10. The molecular formula is C18H14OS3. The van der Waals surface area contributed by atoms with Gasteiger partial charge in [0.2, 0.25) is 0 Å². The first-order valence-corrected chi connectivity index (χ1v) is 9.48. The van der Waals surface area contributed by atoms with Gasteiger partial charge >= 0.3 is 0 Å². The van der Waals surface area contributed by atoms with E-state index in [2.05, 4.69) is 0 Å². The Balaban J connectivity index is 1.83. The van der Waals surface area contributed by atoms with Gasteiger partial charge in [-0.25, -0.2) is 0 Å². The lowest BCUT2D eigenvalue weighted by Gasteiger charge is -2.14. The van der Waals surface area contributed by atoms with E-state index in [4.69, 9.17) is 0 Å². The maximum absolute atomic E-state index is 12.8. The number of rotatable bonds is 6. The van der Waals surface area contributed by atoms with Gasteiger partial charge in [-0.2, -0.15) is 0 Å². The van der Waals surface area contributed by atoms with Crippen LogP contribution >= 0.6 is 34.9 Å². The summed E-state index contributed by atoms with van der Waals surface area (Å²) in [6.45, 7) is 0. The van der Waals surface area contributed by atoms with Gasteiger partial charge in [-0.15, -0.1) is 34.9 Å². The zero-order valence-electron chi connectivity index (χ0n) is 11.7. The molecule has 0 N–H and O–H groups in total. The zero-order valence-corrected chi connectivity index (χ0v) is 14.2. The highest BCUT2D eigenvalue weighted by atomic mass is 32.2. The SMILES string of the molecule is O=C(c1cccs1)C(Sc1ccccc1)Sc1ccccc1. The lowest BCUT2D eigenvalue weighted by Crippen LogP contribution is -2.12. The van der Waals surface area contributed by atoms with Gasteiger partial charge in [0.1, 0.15) is 4.58 Å². The van der Waals surface area contributed by atoms with Crippen LogP contribution in [0.3, 0.4) is 0 Å². The molecule has 0 aliphatic heterocycles. The molecule has 0 fully saturated rings. The predicted molar refractivity (Wildman–Crippen MR) is 97.0 cm³/mol. The Kier molecular flexibility index (Phi) is 5.38. The molecule has 0 spiro atoms. The molecule has 0 unspecified atom stereocenters. The molecule has 1 heterocycles. The fourth-order valence-electron chi connectivity index (χ4n) is 1.91. The summed E-state index contributed by atoms with van der Waals surface area (Å²) in [5, 5.41) is 1.95. The molecule has 4 heteroatoms. The fraction of sp³-hybridized carbons (Fsp3) is 0.0556. The summed E-state index contributed by atoms with van der Waals surface area (Å²) in [5.74, 6) is 0.178. The van der Waals surface area contributed by atoms with Gasteiger partial charge in [-0.05, 0) is 35.7 Å². The van der Waals surface area contributed by atoms with Gasteiger partial charge < -0.3 is 0 Å². The number of thiophene rings is 1. The number of thioether (sulfide) groups is 2. The number of carbonyl (C=O) groups excluding carboxylic acids is 1. The summed E-state index contributed by atoms with van der Waals surface area (Å²) in [6, 6.07) is 24.0. The molecule has 0 radical (unpaired) electrons. The van der Waals surface area contributed by atoms with Crippen molar-refractivity contribution in [2.45, 2.75) is 14.4 Å². The van der Waals surface area contributed by atoms with Gasteiger partial charge in [0.05, 0.1) is 4.88 Å². The van der Waals surface area contributed by atoms with Crippen molar-refractivity contribution >= 4 is 40.6 Å². The average molecular weight is 343 g/mol. The normalized spacial score (nSPS) is 10.8. The third-order valence-electron chi connectivity index (χ3n) is 2.95. The Morgan fingerprint density at radius 2 is 1.32 bits per heavy atom. The van der Waals surface area contributed by atoms with Crippen molar-refractivity contribution in [3.8, 4) is 0 Å². The largest absolute Gasteiger partial charge is 0.291 e. The molecule has 1 aromatic heterocycles. The Hall–Kier alpha value is -1.49. The summed E-state index contributed by atoms with van der Waals surface area (Å²) < 4.78 is -0.177. The van der Waals surface area contributed by atoms with E-state index in [1.807, 2.05) is 78.2 Å². The van der Waals surface area contributed by atoms with Crippen LogP contribution in [0, 0.1) is 0 Å². The number of hydrogen-bond acceptors (Lipinski definition) is 4. The minimum absolute atomic E-state index is 0.177. The quantitative estimate of drug-likeness (QED) is 0.318. The van der Waals surface area contributed by atoms with Crippen molar-refractivity contribution in [1.82, 2.24) is 0 Å². The molecule has 2 aromatic carbocycles. The van der Waals surface area contributed by atoms with Crippen molar-refractivity contribution in [3.63, 3.8) is 0 Å². The first-order chi connectivity index (χ1) is 10.8.